The van der Waals surface area contributed by atoms with E-state index in [2.05, 4.69) is 0 Å². The minimum absolute atomic E-state index is 0.133. The molecular formula is C16H18O2. The van der Waals surface area contributed by atoms with Gasteiger partial charge in [-0.15, -0.1) is 0 Å². The highest BCUT2D eigenvalue weighted by atomic mass is 16.4. The molecule has 0 saturated heterocycles. The summed E-state index contributed by atoms with van der Waals surface area (Å²) in [6, 6.07) is 13.9. The lowest BCUT2D eigenvalue weighted by atomic mass is 9.83. The first-order valence-corrected chi connectivity index (χ1v) is 6.35. The first-order valence-electron chi connectivity index (χ1n) is 6.35. The normalized spacial score (nSPS) is 14.3. The van der Waals surface area contributed by atoms with Crippen LogP contribution in [-0.4, -0.2) is 11.1 Å². The lowest BCUT2D eigenvalue weighted by molar-refractivity contribution is -0.140. The van der Waals surface area contributed by atoms with Crippen LogP contribution in [0.15, 0.2) is 42.5 Å². The summed E-state index contributed by atoms with van der Waals surface area (Å²) in [5, 5.41) is 11.6. The van der Waals surface area contributed by atoms with Gasteiger partial charge in [-0.05, 0) is 22.3 Å². The third-order valence-corrected chi connectivity index (χ3v) is 3.64. The Balaban J connectivity index is 2.61. The van der Waals surface area contributed by atoms with E-state index in [0.29, 0.717) is 0 Å². The molecule has 2 nitrogen and oxygen atoms in total. The van der Waals surface area contributed by atoms with Crippen LogP contribution < -0.4 is 0 Å². The molecule has 2 aromatic carbocycles. The van der Waals surface area contributed by atoms with E-state index in [1.54, 1.807) is 0 Å². The molecule has 0 aliphatic carbocycles. The zero-order valence-electron chi connectivity index (χ0n) is 10.8. The van der Waals surface area contributed by atoms with Gasteiger partial charge < -0.3 is 5.11 Å². The molecule has 0 fully saturated rings. The van der Waals surface area contributed by atoms with Crippen molar-refractivity contribution in [2.75, 3.05) is 0 Å². The van der Waals surface area contributed by atoms with Crippen LogP contribution in [0.1, 0.15) is 31.7 Å². The minimum atomic E-state index is -0.735. The van der Waals surface area contributed by atoms with Crippen LogP contribution in [0.25, 0.3) is 10.8 Å². The molecule has 0 bridgehead atoms. The predicted octanol–water partition coefficient (Wildman–Crippen LogP) is 4.05. The molecule has 0 spiro atoms. The Kier molecular flexibility index (Phi) is 3.66. The van der Waals surface area contributed by atoms with Gasteiger partial charge in [0.2, 0.25) is 0 Å². The number of aliphatic carboxylic acids is 1. The lowest BCUT2D eigenvalue weighted by Gasteiger charge is -2.20. The molecule has 0 heterocycles. The van der Waals surface area contributed by atoms with Crippen LogP contribution in [0.3, 0.4) is 0 Å². The quantitative estimate of drug-likeness (QED) is 0.878. The Labute approximate surface area is 107 Å². The van der Waals surface area contributed by atoms with Gasteiger partial charge in [0.05, 0.1) is 5.92 Å². The van der Waals surface area contributed by atoms with Crippen molar-refractivity contribution in [1.82, 2.24) is 0 Å². The standard InChI is InChI=1S/C16H18O2/c1-3-11(2)15(16(17)18)14-10-6-8-12-7-4-5-9-13(12)14/h4-11,15H,3H2,1-2H3,(H,17,18). The summed E-state index contributed by atoms with van der Waals surface area (Å²) in [5.41, 5.74) is 0.926. The van der Waals surface area contributed by atoms with E-state index in [1.807, 2.05) is 56.3 Å². The van der Waals surface area contributed by atoms with Crippen molar-refractivity contribution in [3.63, 3.8) is 0 Å². The Morgan fingerprint density at radius 3 is 2.50 bits per heavy atom. The van der Waals surface area contributed by atoms with E-state index in [0.717, 1.165) is 22.8 Å². The summed E-state index contributed by atoms with van der Waals surface area (Å²) in [6.45, 7) is 4.03. The number of hydrogen-bond donors (Lipinski definition) is 1. The molecule has 2 atom stereocenters. The van der Waals surface area contributed by atoms with Crippen LogP contribution in [0.2, 0.25) is 0 Å². The number of carbonyl (C=O) groups is 1. The first kappa shape index (κ1) is 12.6. The average Bonchev–Trinajstić information content (AvgIpc) is 2.38. The van der Waals surface area contributed by atoms with Gasteiger partial charge in [-0.1, -0.05) is 62.7 Å². The lowest BCUT2D eigenvalue weighted by Crippen LogP contribution is -2.19. The third-order valence-electron chi connectivity index (χ3n) is 3.64. The zero-order valence-corrected chi connectivity index (χ0v) is 10.8. The van der Waals surface area contributed by atoms with Crippen molar-refractivity contribution < 1.29 is 9.90 Å². The van der Waals surface area contributed by atoms with Crippen molar-refractivity contribution in [3.8, 4) is 0 Å². The Hall–Kier alpha value is -1.83. The highest BCUT2D eigenvalue weighted by molar-refractivity contribution is 5.90. The Morgan fingerprint density at radius 1 is 1.17 bits per heavy atom. The fourth-order valence-corrected chi connectivity index (χ4v) is 2.44. The van der Waals surface area contributed by atoms with Gasteiger partial charge in [-0.25, -0.2) is 0 Å². The summed E-state index contributed by atoms with van der Waals surface area (Å²) >= 11 is 0. The van der Waals surface area contributed by atoms with Crippen LogP contribution in [0.4, 0.5) is 0 Å². The molecular weight excluding hydrogens is 224 g/mol. The second-order valence-electron chi connectivity index (χ2n) is 4.77. The summed E-state index contributed by atoms with van der Waals surface area (Å²) in [4.78, 5) is 11.5. The maximum absolute atomic E-state index is 11.5. The largest absolute Gasteiger partial charge is 0.481 e. The highest BCUT2D eigenvalue weighted by Crippen LogP contribution is 2.32. The van der Waals surface area contributed by atoms with Gasteiger partial charge in [0.1, 0.15) is 0 Å². The fraction of sp³-hybridized carbons (Fsp3) is 0.312. The number of benzene rings is 2. The first-order chi connectivity index (χ1) is 8.65. The van der Waals surface area contributed by atoms with E-state index in [1.165, 1.54) is 0 Å². The Bertz CT molecular complexity index is 555. The van der Waals surface area contributed by atoms with Crippen LogP contribution in [0, 0.1) is 5.92 Å². The number of fused-ring (bicyclic) bond motifs is 1. The molecule has 0 saturated carbocycles. The number of carboxylic acids is 1. The second-order valence-corrected chi connectivity index (χ2v) is 4.77. The van der Waals surface area contributed by atoms with Gasteiger partial charge in [-0.2, -0.15) is 0 Å². The van der Waals surface area contributed by atoms with Gasteiger partial charge >= 0.3 is 5.97 Å². The number of hydrogen-bond acceptors (Lipinski definition) is 1. The van der Waals surface area contributed by atoms with E-state index in [4.69, 9.17) is 0 Å². The molecule has 0 radical (unpaired) electrons. The Morgan fingerprint density at radius 2 is 1.83 bits per heavy atom. The average molecular weight is 242 g/mol. The topological polar surface area (TPSA) is 37.3 Å². The summed E-state index contributed by atoms with van der Waals surface area (Å²) < 4.78 is 0. The van der Waals surface area contributed by atoms with Gasteiger partial charge in [0.15, 0.2) is 0 Å². The van der Waals surface area contributed by atoms with E-state index < -0.39 is 11.9 Å². The molecule has 0 aliphatic heterocycles. The molecule has 2 unspecified atom stereocenters. The molecule has 2 heteroatoms. The van der Waals surface area contributed by atoms with Crippen molar-refractivity contribution in [1.29, 1.82) is 0 Å². The molecule has 0 aliphatic rings. The summed E-state index contributed by atoms with van der Waals surface area (Å²) in [6.07, 6.45) is 0.861. The fourth-order valence-electron chi connectivity index (χ4n) is 2.44. The maximum atomic E-state index is 11.5. The molecule has 18 heavy (non-hydrogen) atoms. The molecule has 1 N–H and O–H groups in total. The van der Waals surface area contributed by atoms with Crippen molar-refractivity contribution in [3.05, 3.63) is 48.0 Å². The van der Waals surface area contributed by atoms with Crippen molar-refractivity contribution in [2.45, 2.75) is 26.2 Å². The zero-order chi connectivity index (χ0) is 13.1. The highest BCUT2D eigenvalue weighted by Gasteiger charge is 2.26. The SMILES string of the molecule is CCC(C)C(C(=O)O)c1cccc2ccccc12. The monoisotopic (exact) mass is 242 g/mol. The second kappa shape index (κ2) is 5.21. The summed E-state index contributed by atoms with van der Waals surface area (Å²) in [7, 11) is 0. The van der Waals surface area contributed by atoms with Crippen LogP contribution in [0.5, 0.6) is 0 Å². The molecule has 0 aromatic heterocycles. The van der Waals surface area contributed by atoms with Gasteiger partial charge in [-0.3, -0.25) is 4.79 Å². The van der Waals surface area contributed by atoms with E-state index >= 15 is 0 Å². The third kappa shape index (κ3) is 2.23. The summed E-state index contributed by atoms with van der Waals surface area (Å²) in [5.74, 6) is -1.03. The van der Waals surface area contributed by atoms with E-state index in [9.17, 15) is 9.90 Å². The molecule has 2 rings (SSSR count). The van der Waals surface area contributed by atoms with E-state index in [-0.39, 0.29) is 5.92 Å². The predicted molar refractivity (Wildman–Crippen MR) is 73.8 cm³/mol. The van der Waals surface area contributed by atoms with Crippen LogP contribution in [-0.2, 0) is 4.79 Å². The molecule has 0 amide bonds. The van der Waals surface area contributed by atoms with Crippen molar-refractivity contribution >= 4 is 16.7 Å². The molecule has 2 aromatic rings. The maximum Gasteiger partial charge on any atom is 0.311 e. The van der Waals surface area contributed by atoms with Gasteiger partial charge in [0, 0.05) is 0 Å². The van der Waals surface area contributed by atoms with Crippen LogP contribution >= 0.6 is 0 Å². The minimum Gasteiger partial charge on any atom is -0.481 e. The van der Waals surface area contributed by atoms with Gasteiger partial charge in [0.25, 0.3) is 0 Å². The van der Waals surface area contributed by atoms with Crippen molar-refractivity contribution in [2.24, 2.45) is 5.92 Å². The molecule has 94 valence electrons. The number of carboxylic acid groups (broad SMARTS) is 1. The smallest absolute Gasteiger partial charge is 0.311 e. The number of rotatable bonds is 4.